The van der Waals surface area contributed by atoms with E-state index in [2.05, 4.69) is 6.92 Å². The third-order valence-electron chi connectivity index (χ3n) is 3.93. The number of carboxylic acid groups (broad SMARTS) is 1. The molecule has 0 aromatic rings. The number of likely N-dealkylation sites (tertiary alicyclic amines) is 1. The van der Waals surface area contributed by atoms with Crippen molar-refractivity contribution >= 4 is 11.9 Å². The first kappa shape index (κ1) is 11.4. The van der Waals surface area contributed by atoms with Crippen LogP contribution in [0.5, 0.6) is 0 Å². The molecular weight excluding hydrogens is 206 g/mol. The molecule has 2 aliphatic rings. The van der Waals surface area contributed by atoms with Gasteiger partial charge in [-0.3, -0.25) is 9.59 Å². The summed E-state index contributed by atoms with van der Waals surface area (Å²) in [6.07, 6.45) is 4.60. The summed E-state index contributed by atoms with van der Waals surface area (Å²) in [6, 6.07) is 0.299. The Labute approximate surface area is 95.6 Å². The van der Waals surface area contributed by atoms with Gasteiger partial charge < -0.3 is 10.0 Å². The highest BCUT2D eigenvalue weighted by Gasteiger charge is 2.38. The third kappa shape index (κ3) is 2.20. The Kier molecular flexibility index (Phi) is 3.17. The van der Waals surface area contributed by atoms with E-state index in [1.807, 2.05) is 4.90 Å². The van der Waals surface area contributed by atoms with Crippen molar-refractivity contribution in [2.24, 2.45) is 11.8 Å². The standard InChI is InChI=1S/C12H19NO3/c1-8-2-4-10(5-3-8)13-7-9(12(15)16)6-11(13)14/h8-10H,2-7H2,1H3,(H,15,16). The minimum Gasteiger partial charge on any atom is -0.481 e. The van der Waals surface area contributed by atoms with Crippen LogP contribution in [0.3, 0.4) is 0 Å². The number of carboxylic acids is 1. The van der Waals surface area contributed by atoms with Gasteiger partial charge in [-0.15, -0.1) is 0 Å². The average molecular weight is 225 g/mol. The molecule has 1 unspecified atom stereocenters. The molecule has 1 saturated heterocycles. The van der Waals surface area contributed by atoms with Gasteiger partial charge in [-0.25, -0.2) is 0 Å². The molecule has 0 radical (unpaired) electrons. The summed E-state index contributed by atoms with van der Waals surface area (Å²) in [5, 5.41) is 8.91. The number of amides is 1. The van der Waals surface area contributed by atoms with Crippen LogP contribution < -0.4 is 0 Å². The van der Waals surface area contributed by atoms with E-state index in [0.29, 0.717) is 12.6 Å². The monoisotopic (exact) mass is 225 g/mol. The van der Waals surface area contributed by atoms with E-state index in [1.165, 1.54) is 0 Å². The molecular formula is C12H19NO3. The average Bonchev–Trinajstić information content (AvgIpc) is 2.62. The van der Waals surface area contributed by atoms with Crippen LogP contribution >= 0.6 is 0 Å². The summed E-state index contributed by atoms with van der Waals surface area (Å²) in [5.41, 5.74) is 0. The zero-order valence-electron chi connectivity index (χ0n) is 9.69. The normalized spacial score (nSPS) is 35.4. The molecule has 2 fully saturated rings. The number of carbonyl (C=O) groups excluding carboxylic acids is 1. The van der Waals surface area contributed by atoms with E-state index in [0.717, 1.165) is 31.6 Å². The molecule has 0 spiro atoms. The molecule has 1 aliphatic heterocycles. The second-order valence-electron chi connectivity index (χ2n) is 5.20. The molecule has 0 aromatic heterocycles. The van der Waals surface area contributed by atoms with Crippen LogP contribution in [0.25, 0.3) is 0 Å². The number of carbonyl (C=O) groups is 2. The number of hydrogen-bond acceptors (Lipinski definition) is 2. The molecule has 0 aromatic carbocycles. The SMILES string of the molecule is CC1CCC(N2CC(C(=O)O)CC2=O)CC1. The van der Waals surface area contributed by atoms with Gasteiger partial charge >= 0.3 is 5.97 Å². The maximum atomic E-state index is 11.7. The molecule has 90 valence electrons. The molecule has 1 heterocycles. The molecule has 16 heavy (non-hydrogen) atoms. The van der Waals surface area contributed by atoms with Crippen molar-refractivity contribution in [3.05, 3.63) is 0 Å². The van der Waals surface area contributed by atoms with E-state index in [4.69, 9.17) is 5.11 Å². The Hall–Kier alpha value is -1.06. The van der Waals surface area contributed by atoms with Crippen molar-refractivity contribution in [3.8, 4) is 0 Å². The minimum atomic E-state index is -0.833. The quantitative estimate of drug-likeness (QED) is 0.774. The van der Waals surface area contributed by atoms with Gasteiger partial charge in [0.15, 0.2) is 0 Å². The molecule has 4 nitrogen and oxygen atoms in total. The number of hydrogen-bond donors (Lipinski definition) is 1. The predicted octanol–water partition coefficient (Wildman–Crippen LogP) is 1.50. The van der Waals surface area contributed by atoms with Crippen LogP contribution in [-0.4, -0.2) is 34.5 Å². The van der Waals surface area contributed by atoms with Crippen LogP contribution in [-0.2, 0) is 9.59 Å². The lowest BCUT2D eigenvalue weighted by Crippen LogP contribution is -2.39. The van der Waals surface area contributed by atoms with Gasteiger partial charge in [0.2, 0.25) is 5.91 Å². The number of nitrogens with zero attached hydrogens (tertiary/aromatic N) is 1. The molecule has 1 aliphatic carbocycles. The maximum Gasteiger partial charge on any atom is 0.308 e. The second kappa shape index (κ2) is 4.44. The predicted molar refractivity (Wildman–Crippen MR) is 58.9 cm³/mol. The maximum absolute atomic E-state index is 11.7. The van der Waals surface area contributed by atoms with Gasteiger partial charge in [0.1, 0.15) is 0 Å². The fourth-order valence-corrected chi connectivity index (χ4v) is 2.80. The first-order valence-corrected chi connectivity index (χ1v) is 6.10. The van der Waals surface area contributed by atoms with Gasteiger partial charge in [0.05, 0.1) is 5.92 Å². The van der Waals surface area contributed by atoms with Gasteiger partial charge in [-0.2, -0.15) is 0 Å². The zero-order chi connectivity index (χ0) is 11.7. The lowest BCUT2D eigenvalue weighted by molar-refractivity contribution is -0.141. The highest BCUT2D eigenvalue weighted by Crippen LogP contribution is 2.31. The van der Waals surface area contributed by atoms with Crippen LogP contribution in [0, 0.1) is 11.8 Å². The molecule has 1 saturated carbocycles. The summed E-state index contributed by atoms with van der Waals surface area (Å²) in [7, 11) is 0. The minimum absolute atomic E-state index is 0.0342. The van der Waals surface area contributed by atoms with Gasteiger partial charge in [0.25, 0.3) is 0 Å². The Morgan fingerprint density at radius 2 is 1.94 bits per heavy atom. The number of aliphatic carboxylic acids is 1. The van der Waals surface area contributed by atoms with Crippen molar-refractivity contribution in [3.63, 3.8) is 0 Å². The van der Waals surface area contributed by atoms with Crippen LogP contribution in [0.2, 0.25) is 0 Å². The topological polar surface area (TPSA) is 57.6 Å². The molecule has 4 heteroatoms. The highest BCUT2D eigenvalue weighted by atomic mass is 16.4. The fourth-order valence-electron chi connectivity index (χ4n) is 2.80. The van der Waals surface area contributed by atoms with Crippen molar-refractivity contribution in [1.82, 2.24) is 4.90 Å². The van der Waals surface area contributed by atoms with Crippen molar-refractivity contribution in [1.29, 1.82) is 0 Å². The summed E-state index contributed by atoms with van der Waals surface area (Å²) in [6.45, 7) is 2.66. The summed E-state index contributed by atoms with van der Waals surface area (Å²) in [5.74, 6) is -0.525. The largest absolute Gasteiger partial charge is 0.481 e. The van der Waals surface area contributed by atoms with E-state index in [1.54, 1.807) is 0 Å². The van der Waals surface area contributed by atoms with E-state index >= 15 is 0 Å². The third-order valence-corrected chi connectivity index (χ3v) is 3.93. The van der Waals surface area contributed by atoms with Crippen LogP contribution in [0.15, 0.2) is 0 Å². The second-order valence-corrected chi connectivity index (χ2v) is 5.20. The van der Waals surface area contributed by atoms with Gasteiger partial charge in [-0.05, 0) is 31.6 Å². The fraction of sp³-hybridized carbons (Fsp3) is 0.833. The van der Waals surface area contributed by atoms with E-state index < -0.39 is 11.9 Å². The Morgan fingerprint density at radius 1 is 1.31 bits per heavy atom. The van der Waals surface area contributed by atoms with Crippen molar-refractivity contribution in [2.45, 2.75) is 45.1 Å². The first-order chi connectivity index (χ1) is 7.58. The molecule has 0 bridgehead atoms. The van der Waals surface area contributed by atoms with Crippen molar-refractivity contribution < 1.29 is 14.7 Å². The zero-order valence-corrected chi connectivity index (χ0v) is 9.69. The molecule has 1 N–H and O–H groups in total. The lowest BCUT2D eigenvalue weighted by atomic mass is 9.87. The Bertz CT molecular complexity index is 295. The highest BCUT2D eigenvalue weighted by molar-refractivity contribution is 5.86. The number of rotatable bonds is 2. The molecule has 1 atom stereocenters. The summed E-state index contributed by atoms with van der Waals surface area (Å²) in [4.78, 5) is 24.4. The van der Waals surface area contributed by atoms with Crippen molar-refractivity contribution in [2.75, 3.05) is 6.54 Å². The smallest absolute Gasteiger partial charge is 0.308 e. The first-order valence-electron chi connectivity index (χ1n) is 6.10. The Morgan fingerprint density at radius 3 is 2.44 bits per heavy atom. The molecule has 1 amide bonds. The lowest BCUT2D eigenvalue weighted by Gasteiger charge is -2.33. The van der Waals surface area contributed by atoms with Gasteiger partial charge in [0, 0.05) is 19.0 Å². The van der Waals surface area contributed by atoms with Crippen LogP contribution in [0.1, 0.15) is 39.0 Å². The molecule has 2 rings (SSSR count). The van der Waals surface area contributed by atoms with E-state index in [9.17, 15) is 9.59 Å². The van der Waals surface area contributed by atoms with E-state index in [-0.39, 0.29) is 12.3 Å². The summed E-state index contributed by atoms with van der Waals surface area (Å²) < 4.78 is 0. The summed E-state index contributed by atoms with van der Waals surface area (Å²) >= 11 is 0. The van der Waals surface area contributed by atoms with Gasteiger partial charge in [-0.1, -0.05) is 6.92 Å². The Balaban J connectivity index is 1.95. The van der Waals surface area contributed by atoms with Crippen LogP contribution in [0.4, 0.5) is 0 Å².